The molecule has 4 aromatic rings. The molecule has 0 saturated heterocycles. The van der Waals surface area contributed by atoms with Gasteiger partial charge in [0.15, 0.2) is 0 Å². The number of anilines is 1. The minimum Gasteiger partial charge on any atom is -0.755 e. The summed E-state index contributed by atoms with van der Waals surface area (Å²) in [7, 11) is 0. The Kier molecular flexibility index (Phi) is 7.70. The van der Waals surface area contributed by atoms with E-state index in [1.165, 1.54) is 28.6 Å². The second-order valence-corrected chi connectivity index (χ2v) is 9.27. The summed E-state index contributed by atoms with van der Waals surface area (Å²) in [6.45, 7) is 1.64. The molecule has 186 valence electrons. The Balaban J connectivity index is 1.66. The first-order chi connectivity index (χ1) is 17.3. The summed E-state index contributed by atoms with van der Waals surface area (Å²) >= 11 is -2.69. The first kappa shape index (κ1) is 25.4. The Labute approximate surface area is 210 Å². The fourth-order valence-electron chi connectivity index (χ4n) is 4.22. The standard InChI is InChI=1S/C26H25N3O6S/c1-17(13-25(30)26(31)19-7-9-22(10-8-19)29(32)33)28(36(34)35)24-15-20(18-5-3-2-4-6-18)14-21-16-27-12-11-23(21)24/h2-12,14-17,25-26,30-31H,13H2,1H3,(H,34,35)/p-1. The van der Waals surface area contributed by atoms with E-state index in [1.807, 2.05) is 36.4 Å². The molecule has 1 heterocycles. The predicted molar refractivity (Wildman–Crippen MR) is 137 cm³/mol. The van der Waals surface area contributed by atoms with Crippen molar-refractivity contribution in [1.29, 1.82) is 0 Å². The van der Waals surface area contributed by atoms with E-state index in [4.69, 9.17) is 0 Å². The molecule has 9 nitrogen and oxygen atoms in total. The van der Waals surface area contributed by atoms with E-state index in [2.05, 4.69) is 4.98 Å². The molecule has 0 fully saturated rings. The fraction of sp³-hybridized carbons (Fsp3) is 0.192. The van der Waals surface area contributed by atoms with E-state index in [-0.39, 0.29) is 17.7 Å². The lowest BCUT2D eigenvalue weighted by Gasteiger charge is -2.35. The Bertz CT molecular complexity index is 1380. The molecule has 4 rings (SSSR count). The van der Waals surface area contributed by atoms with Gasteiger partial charge in [0.2, 0.25) is 0 Å². The Morgan fingerprint density at radius 1 is 1.03 bits per heavy atom. The summed E-state index contributed by atoms with van der Waals surface area (Å²) in [5, 5.41) is 33.6. The number of hydrogen-bond donors (Lipinski definition) is 2. The normalized spacial score (nSPS) is 14.7. The van der Waals surface area contributed by atoms with E-state index in [0.717, 1.165) is 16.5 Å². The van der Waals surface area contributed by atoms with Crippen LogP contribution in [0.15, 0.2) is 85.2 Å². The highest BCUT2D eigenvalue weighted by atomic mass is 32.2. The lowest BCUT2D eigenvalue weighted by Crippen LogP contribution is -2.38. The van der Waals surface area contributed by atoms with Gasteiger partial charge in [-0.25, -0.2) is 0 Å². The van der Waals surface area contributed by atoms with Crippen LogP contribution in [-0.2, 0) is 11.3 Å². The molecule has 36 heavy (non-hydrogen) atoms. The molecule has 10 heteroatoms. The second-order valence-electron chi connectivity index (χ2n) is 8.45. The van der Waals surface area contributed by atoms with Crippen LogP contribution in [-0.4, -0.2) is 41.0 Å². The van der Waals surface area contributed by atoms with Crippen molar-refractivity contribution in [3.05, 3.63) is 101 Å². The number of non-ortho nitro benzene ring substituents is 1. The van der Waals surface area contributed by atoms with Crippen molar-refractivity contribution in [3.63, 3.8) is 0 Å². The van der Waals surface area contributed by atoms with Crippen molar-refractivity contribution < 1.29 is 23.9 Å². The topological polar surface area (TPSA) is 140 Å². The minimum atomic E-state index is -2.69. The zero-order chi connectivity index (χ0) is 25.8. The van der Waals surface area contributed by atoms with Gasteiger partial charge in [-0.05, 0) is 60.4 Å². The van der Waals surface area contributed by atoms with Crippen LogP contribution in [0.5, 0.6) is 0 Å². The number of rotatable bonds is 9. The maximum absolute atomic E-state index is 12.5. The quantitative estimate of drug-likeness (QED) is 0.196. The first-order valence-corrected chi connectivity index (χ1v) is 12.2. The van der Waals surface area contributed by atoms with Gasteiger partial charge in [0.25, 0.3) is 5.69 Å². The number of aromatic nitrogens is 1. The zero-order valence-corrected chi connectivity index (χ0v) is 20.1. The van der Waals surface area contributed by atoms with Crippen LogP contribution >= 0.6 is 0 Å². The number of nitro benzene ring substituents is 1. The number of nitro groups is 1. The molecule has 0 aliphatic carbocycles. The monoisotopic (exact) mass is 506 g/mol. The van der Waals surface area contributed by atoms with Gasteiger partial charge >= 0.3 is 0 Å². The molecule has 4 atom stereocenters. The van der Waals surface area contributed by atoms with Gasteiger partial charge in [-0.1, -0.05) is 30.3 Å². The molecule has 0 spiro atoms. The molecule has 0 aliphatic heterocycles. The van der Waals surface area contributed by atoms with E-state index in [9.17, 15) is 29.1 Å². The van der Waals surface area contributed by atoms with Crippen LogP contribution in [0.1, 0.15) is 25.0 Å². The van der Waals surface area contributed by atoms with Crippen molar-refractivity contribution in [2.24, 2.45) is 0 Å². The van der Waals surface area contributed by atoms with E-state index in [0.29, 0.717) is 11.1 Å². The van der Waals surface area contributed by atoms with Gasteiger partial charge in [0.05, 0.1) is 16.7 Å². The minimum absolute atomic E-state index is 0.0890. The smallest absolute Gasteiger partial charge is 0.269 e. The number of aliphatic hydroxyl groups is 2. The largest absolute Gasteiger partial charge is 0.755 e. The van der Waals surface area contributed by atoms with Crippen LogP contribution in [0.25, 0.3) is 21.9 Å². The number of benzene rings is 3. The molecule has 0 aliphatic rings. The summed E-state index contributed by atoms with van der Waals surface area (Å²) in [6.07, 6.45) is 0.478. The average molecular weight is 507 g/mol. The Morgan fingerprint density at radius 2 is 1.72 bits per heavy atom. The number of nitrogens with zero attached hydrogens (tertiary/aromatic N) is 3. The molecule has 4 unspecified atom stereocenters. The van der Waals surface area contributed by atoms with Crippen molar-refractivity contribution in [1.82, 2.24) is 4.98 Å². The Morgan fingerprint density at radius 3 is 2.36 bits per heavy atom. The molecule has 3 aromatic carbocycles. The first-order valence-electron chi connectivity index (χ1n) is 11.2. The maximum Gasteiger partial charge on any atom is 0.269 e. The van der Waals surface area contributed by atoms with Crippen molar-refractivity contribution >= 4 is 33.4 Å². The van der Waals surface area contributed by atoms with Crippen LogP contribution in [0, 0.1) is 10.1 Å². The van der Waals surface area contributed by atoms with Crippen LogP contribution < -0.4 is 4.31 Å². The van der Waals surface area contributed by atoms with Crippen LogP contribution in [0.2, 0.25) is 0 Å². The third-order valence-electron chi connectivity index (χ3n) is 6.03. The third kappa shape index (κ3) is 5.42. The molecular weight excluding hydrogens is 482 g/mol. The highest BCUT2D eigenvalue weighted by Gasteiger charge is 2.26. The molecule has 0 amide bonds. The highest BCUT2D eigenvalue weighted by molar-refractivity contribution is 7.80. The molecule has 0 bridgehead atoms. The SMILES string of the molecule is CC(CC(O)C(O)c1ccc([N+](=O)[O-])cc1)N(c1cc(-c2ccccc2)cc2cnccc12)S(=O)[O-]. The average Bonchev–Trinajstić information content (AvgIpc) is 2.88. The summed E-state index contributed by atoms with van der Waals surface area (Å²) in [5.74, 6) is 0. The maximum atomic E-state index is 12.5. The molecular formula is C26H24N3O6S-. The summed E-state index contributed by atoms with van der Waals surface area (Å²) in [6, 6.07) is 19.5. The molecule has 0 radical (unpaired) electrons. The Hall–Kier alpha value is -3.70. The molecule has 2 N–H and O–H groups in total. The number of pyridine rings is 1. The summed E-state index contributed by atoms with van der Waals surface area (Å²) in [4.78, 5) is 14.5. The predicted octanol–water partition coefficient (Wildman–Crippen LogP) is 4.28. The molecule has 1 aromatic heterocycles. The number of hydrogen-bond acceptors (Lipinski definition) is 7. The summed E-state index contributed by atoms with van der Waals surface area (Å²) < 4.78 is 26.1. The van der Waals surface area contributed by atoms with Gasteiger partial charge in [0, 0.05) is 52.6 Å². The lowest BCUT2D eigenvalue weighted by atomic mass is 9.97. The van der Waals surface area contributed by atoms with E-state index >= 15 is 0 Å². The van der Waals surface area contributed by atoms with Crippen molar-refractivity contribution in [3.8, 4) is 11.1 Å². The van der Waals surface area contributed by atoms with Crippen LogP contribution in [0.3, 0.4) is 0 Å². The van der Waals surface area contributed by atoms with Gasteiger partial charge in [-0.15, -0.1) is 0 Å². The lowest BCUT2D eigenvalue weighted by molar-refractivity contribution is -0.384. The van der Waals surface area contributed by atoms with Gasteiger partial charge in [-0.2, -0.15) is 0 Å². The molecule has 0 saturated carbocycles. The van der Waals surface area contributed by atoms with Crippen molar-refractivity contribution in [2.75, 3.05) is 4.31 Å². The van der Waals surface area contributed by atoms with Crippen LogP contribution in [0.4, 0.5) is 11.4 Å². The zero-order valence-electron chi connectivity index (χ0n) is 19.3. The van der Waals surface area contributed by atoms with Crippen molar-refractivity contribution in [2.45, 2.75) is 31.6 Å². The summed E-state index contributed by atoms with van der Waals surface area (Å²) in [5.41, 5.74) is 2.29. The van der Waals surface area contributed by atoms with E-state index < -0.39 is 34.4 Å². The fourth-order valence-corrected chi connectivity index (χ4v) is 4.91. The number of fused-ring (bicyclic) bond motifs is 1. The third-order valence-corrected chi connectivity index (χ3v) is 6.91. The van der Waals surface area contributed by atoms with Gasteiger partial charge in [-0.3, -0.25) is 23.6 Å². The second kappa shape index (κ2) is 10.9. The van der Waals surface area contributed by atoms with E-state index in [1.54, 1.807) is 31.5 Å². The highest BCUT2D eigenvalue weighted by Crippen LogP contribution is 2.35. The number of aliphatic hydroxyl groups excluding tert-OH is 2. The van der Waals surface area contributed by atoms with Gasteiger partial charge < -0.3 is 14.8 Å². The van der Waals surface area contributed by atoms with Gasteiger partial charge in [0.1, 0.15) is 6.10 Å².